The van der Waals surface area contributed by atoms with Crippen LogP contribution in [0.15, 0.2) is 36.3 Å². The van der Waals surface area contributed by atoms with Gasteiger partial charge in [-0.25, -0.2) is 0 Å². The molecule has 0 spiro atoms. The molecule has 4 aliphatic rings. The van der Waals surface area contributed by atoms with Crippen molar-refractivity contribution in [2.75, 3.05) is 19.6 Å². The first-order chi connectivity index (χ1) is 13.7. The third-order valence-corrected chi connectivity index (χ3v) is 8.01. The molecule has 29 heavy (non-hydrogen) atoms. The maximum absolute atomic E-state index is 12.4. The molecule has 2 unspecified atom stereocenters. The van der Waals surface area contributed by atoms with Gasteiger partial charge in [0.2, 0.25) is 0 Å². The van der Waals surface area contributed by atoms with E-state index in [1.165, 1.54) is 19.8 Å². The van der Waals surface area contributed by atoms with Crippen molar-refractivity contribution >= 4 is 24.5 Å². The average molecular weight is 397 g/mol. The Kier molecular flexibility index (Phi) is 4.98. The molecular weight excluding hydrogens is 365 g/mol. The number of nitrogens with zero attached hydrogens (tertiary/aromatic N) is 1. The zero-order valence-electron chi connectivity index (χ0n) is 17.7. The predicted octanol–water partition coefficient (Wildman–Crippen LogP) is 3.21. The Balaban J connectivity index is 1.66. The SMILES string of the molecule is CC(=O)C[N+]1(C[C@H]2CC[C@@H]3C[C@H]2C3(C)C)CC(=O)O[B-]1(O)/C=C/c1ccccc1. The van der Waals surface area contributed by atoms with Crippen molar-refractivity contribution in [3.8, 4) is 0 Å². The van der Waals surface area contributed by atoms with E-state index in [4.69, 9.17) is 4.65 Å². The molecular formula is C23H32BNO4. The molecule has 6 heteroatoms. The van der Waals surface area contributed by atoms with Gasteiger partial charge in [0.15, 0.2) is 5.78 Å². The predicted molar refractivity (Wildman–Crippen MR) is 113 cm³/mol. The zero-order chi connectivity index (χ0) is 20.9. The lowest BCUT2D eigenvalue weighted by molar-refractivity contribution is -0.828. The van der Waals surface area contributed by atoms with Crippen molar-refractivity contribution in [3.05, 3.63) is 41.9 Å². The summed E-state index contributed by atoms with van der Waals surface area (Å²) in [5.74, 6) is 2.93. The highest BCUT2D eigenvalue weighted by molar-refractivity contribution is 6.67. The van der Waals surface area contributed by atoms with Crippen molar-refractivity contribution in [2.24, 2.45) is 23.2 Å². The Labute approximate surface area is 173 Å². The lowest BCUT2D eigenvalue weighted by Gasteiger charge is -2.62. The highest BCUT2D eigenvalue weighted by Gasteiger charge is 2.60. The fourth-order valence-electron chi connectivity index (χ4n) is 6.31. The summed E-state index contributed by atoms with van der Waals surface area (Å²) in [6.45, 7) is 4.37. The molecule has 5 atom stereocenters. The lowest BCUT2D eigenvalue weighted by atomic mass is 9.45. The van der Waals surface area contributed by atoms with E-state index in [2.05, 4.69) is 13.8 Å². The van der Waals surface area contributed by atoms with Gasteiger partial charge < -0.3 is 14.1 Å². The van der Waals surface area contributed by atoms with Crippen molar-refractivity contribution in [1.82, 2.24) is 0 Å². The molecule has 2 bridgehead atoms. The molecule has 1 aromatic rings. The molecule has 1 aliphatic heterocycles. The van der Waals surface area contributed by atoms with Crippen LogP contribution in [0.3, 0.4) is 0 Å². The number of hydrogen-bond acceptors (Lipinski definition) is 4. The summed E-state index contributed by atoms with van der Waals surface area (Å²) in [4.78, 5) is 24.6. The van der Waals surface area contributed by atoms with Crippen LogP contribution in [0.5, 0.6) is 0 Å². The summed E-state index contributed by atoms with van der Waals surface area (Å²) in [6, 6.07) is 9.65. The first-order valence-electron chi connectivity index (χ1n) is 10.8. The van der Waals surface area contributed by atoms with Gasteiger partial charge in [-0.05, 0) is 42.1 Å². The minimum atomic E-state index is -2.63. The van der Waals surface area contributed by atoms with Crippen molar-refractivity contribution in [1.29, 1.82) is 0 Å². The second-order valence-corrected chi connectivity index (χ2v) is 10.1. The van der Waals surface area contributed by atoms with E-state index < -0.39 is 12.7 Å². The van der Waals surface area contributed by atoms with Gasteiger partial charge >= 0.3 is 12.7 Å². The minimum absolute atomic E-state index is 0.0133. The molecule has 5 rings (SSSR count). The molecule has 156 valence electrons. The minimum Gasteiger partial charge on any atom is -0.607 e. The summed E-state index contributed by atoms with van der Waals surface area (Å²) >= 11 is 0. The Bertz CT molecular complexity index is 837. The Morgan fingerprint density at radius 3 is 2.66 bits per heavy atom. The number of rotatable bonds is 6. The first kappa shape index (κ1) is 20.4. The highest BCUT2D eigenvalue weighted by Crippen LogP contribution is 2.61. The van der Waals surface area contributed by atoms with E-state index in [1.807, 2.05) is 30.3 Å². The summed E-state index contributed by atoms with van der Waals surface area (Å²) in [5.41, 5.74) is 1.23. The average Bonchev–Trinajstić information content (AvgIpc) is 2.89. The monoisotopic (exact) mass is 397 g/mol. The van der Waals surface area contributed by atoms with Gasteiger partial charge in [0.1, 0.15) is 13.1 Å². The van der Waals surface area contributed by atoms with E-state index in [0.717, 1.165) is 17.9 Å². The normalized spacial score (nSPS) is 37.9. The van der Waals surface area contributed by atoms with E-state index in [0.29, 0.717) is 23.8 Å². The molecule has 0 radical (unpaired) electrons. The second kappa shape index (κ2) is 7.10. The van der Waals surface area contributed by atoms with Crippen LogP contribution in [-0.4, -0.2) is 47.5 Å². The quantitative estimate of drug-likeness (QED) is 0.749. The van der Waals surface area contributed by atoms with Gasteiger partial charge in [-0.1, -0.05) is 50.3 Å². The summed E-state index contributed by atoms with van der Waals surface area (Å²) in [7, 11) is 0. The molecule has 0 aromatic heterocycles. The number of hydrogen-bond donors (Lipinski definition) is 1. The fourth-order valence-corrected chi connectivity index (χ4v) is 6.31. The van der Waals surface area contributed by atoms with Crippen LogP contribution in [0.25, 0.3) is 6.08 Å². The lowest BCUT2D eigenvalue weighted by Crippen LogP contribution is -2.69. The van der Waals surface area contributed by atoms with Crippen LogP contribution >= 0.6 is 0 Å². The second-order valence-electron chi connectivity index (χ2n) is 10.1. The van der Waals surface area contributed by atoms with Gasteiger partial charge in [0.05, 0.1) is 0 Å². The Hall–Kier alpha value is -1.92. The van der Waals surface area contributed by atoms with Crippen molar-refractivity contribution < 1.29 is 23.7 Å². The molecule has 5 nitrogen and oxygen atoms in total. The van der Waals surface area contributed by atoms with Gasteiger partial charge in [-0.3, -0.25) is 9.59 Å². The van der Waals surface area contributed by atoms with Crippen LogP contribution in [0.2, 0.25) is 0 Å². The molecule has 0 amide bonds. The standard InChI is InChI=1S/C23H32BNO4/c1-17(26)14-25(15-19-9-10-20-13-21(19)23(20,2)3)16-22(27)29-24(25,28)12-11-18-7-5-4-6-8-18/h4-8,11-12,19-21,28H,9-10,13-16H2,1-3H3/b12-11+/t19-,20-,21-,24?,25?/m1/s1. The van der Waals surface area contributed by atoms with Crippen LogP contribution in [-0.2, 0) is 14.2 Å². The van der Waals surface area contributed by atoms with Gasteiger partial charge in [-0.15, -0.1) is 5.98 Å². The van der Waals surface area contributed by atoms with Crippen LogP contribution in [0.1, 0.15) is 45.6 Å². The number of quaternary nitrogens is 1. The Morgan fingerprint density at radius 2 is 2.03 bits per heavy atom. The Morgan fingerprint density at radius 1 is 1.31 bits per heavy atom. The number of fused-ring (bicyclic) bond motifs is 2. The topological polar surface area (TPSA) is 63.6 Å². The van der Waals surface area contributed by atoms with E-state index in [9.17, 15) is 14.6 Å². The number of carbonyl (C=O) groups excluding carboxylic acids is 2. The third kappa shape index (κ3) is 3.46. The largest absolute Gasteiger partial charge is 0.607 e. The zero-order valence-corrected chi connectivity index (χ0v) is 17.7. The maximum Gasteiger partial charge on any atom is 0.549 e. The third-order valence-electron chi connectivity index (χ3n) is 8.01. The van der Waals surface area contributed by atoms with Gasteiger partial charge in [-0.2, -0.15) is 0 Å². The smallest absolute Gasteiger partial charge is 0.549 e. The van der Waals surface area contributed by atoms with Crippen molar-refractivity contribution in [3.63, 3.8) is 0 Å². The van der Waals surface area contributed by atoms with E-state index >= 15 is 0 Å². The summed E-state index contributed by atoms with van der Waals surface area (Å²) < 4.78 is 5.55. The maximum atomic E-state index is 12.4. The molecule has 3 saturated carbocycles. The molecule has 1 aromatic carbocycles. The number of benzene rings is 1. The molecule has 4 fully saturated rings. The van der Waals surface area contributed by atoms with Crippen LogP contribution in [0.4, 0.5) is 0 Å². The molecule has 1 N–H and O–H groups in total. The number of ketones is 1. The number of Topliss-reactive ketones (excluding diaryl/α,β-unsaturated/α-hetero) is 1. The van der Waals surface area contributed by atoms with E-state index in [1.54, 1.807) is 12.1 Å². The van der Waals surface area contributed by atoms with Gasteiger partial charge in [0.25, 0.3) is 0 Å². The van der Waals surface area contributed by atoms with Crippen LogP contribution in [0, 0.1) is 23.2 Å². The molecule has 3 aliphatic carbocycles. The summed E-state index contributed by atoms with van der Waals surface area (Å²) in [5, 5.41) is 11.6. The van der Waals surface area contributed by atoms with Crippen LogP contribution < -0.4 is 0 Å². The van der Waals surface area contributed by atoms with Gasteiger partial charge in [0, 0.05) is 19.4 Å². The molecule has 1 saturated heterocycles. The van der Waals surface area contributed by atoms with E-state index in [-0.39, 0.29) is 23.3 Å². The fraction of sp³-hybridized carbons (Fsp3) is 0.565. The summed E-state index contributed by atoms with van der Waals surface area (Å²) in [6.07, 6.45) is 5.31. The van der Waals surface area contributed by atoms with Crippen molar-refractivity contribution in [2.45, 2.75) is 40.0 Å². The first-order valence-corrected chi connectivity index (χ1v) is 10.8. The highest BCUT2D eigenvalue weighted by atomic mass is 16.6. The number of carbonyl (C=O) groups is 2. The molecule has 1 heterocycles.